The number of rotatable bonds is 6. The maximum atomic E-state index is 13.8. The van der Waals surface area contributed by atoms with Crippen molar-refractivity contribution in [1.82, 2.24) is 0 Å². The van der Waals surface area contributed by atoms with Gasteiger partial charge < -0.3 is 24.8 Å². The fourth-order valence-corrected chi connectivity index (χ4v) is 12.8. The first-order valence-corrected chi connectivity index (χ1v) is 18.1. The largest absolute Gasteiger partial charge is 0.504 e. The van der Waals surface area contributed by atoms with Crippen LogP contribution in [0.3, 0.4) is 0 Å². The van der Waals surface area contributed by atoms with E-state index in [2.05, 4.69) is 41.5 Å². The quantitative estimate of drug-likeness (QED) is 0.210. The highest BCUT2D eigenvalue weighted by Crippen LogP contribution is 2.78. The standard InChI is InChI=1S/C40H58O7/c1-35(2)16-17-36(3)18-20-39(6)31-14-15-37(4)26(24-47-33(43)13-9-25-8-10-28(42)29(22-25)46-7)27(41)11-12-30(37)38(31,5)19-21-40(39,34(44)45)32(36)23-35/h8-10,13,22,26-27,30-32,41-42H,11-12,14-21,23-24H2,1-7H3,(H,44,45)/b13-9+/t26-,27-,30+,31-,32+,36+,37+,38-,39+,40-/m0/s1. The number of hydrogen-bond acceptors (Lipinski definition) is 6. The van der Waals surface area contributed by atoms with E-state index >= 15 is 0 Å². The molecule has 1 aromatic rings. The summed E-state index contributed by atoms with van der Waals surface area (Å²) in [5, 5.41) is 32.6. The van der Waals surface area contributed by atoms with E-state index in [0.29, 0.717) is 29.6 Å². The van der Waals surface area contributed by atoms with Crippen LogP contribution in [0.5, 0.6) is 11.5 Å². The molecule has 260 valence electrons. The molecule has 47 heavy (non-hydrogen) atoms. The number of aliphatic hydroxyl groups excluding tert-OH is 1. The van der Waals surface area contributed by atoms with Gasteiger partial charge in [-0.25, -0.2) is 4.79 Å². The summed E-state index contributed by atoms with van der Waals surface area (Å²) in [5.74, 6) is -0.0432. The Balaban J connectivity index is 1.24. The van der Waals surface area contributed by atoms with Crippen LogP contribution < -0.4 is 4.74 Å². The normalized spacial score (nSPS) is 44.0. The maximum Gasteiger partial charge on any atom is 0.330 e. The molecule has 7 nitrogen and oxygen atoms in total. The molecule has 0 radical (unpaired) electrons. The van der Waals surface area contributed by atoms with Gasteiger partial charge in [0, 0.05) is 12.0 Å². The smallest absolute Gasteiger partial charge is 0.330 e. The molecule has 0 unspecified atom stereocenters. The van der Waals surface area contributed by atoms with E-state index in [9.17, 15) is 24.9 Å². The van der Waals surface area contributed by atoms with Gasteiger partial charge in [0.25, 0.3) is 0 Å². The molecule has 7 heteroatoms. The van der Waals surface area contributed by atoms with Gasteiger partial charge in [-0.15, -0.1) is 0 Å². The number of fused-ring (bicyclic) bond motifs is 7. The van der Waals surface area contributed by atoms with Gasteiger partial charge in [0.15, 0.2) is 11.5 Å². The van der Waals surface area contributed by atoms with Gasteiger partial charge in [-0.2, -0.15) is 0 Å². The summed E-state index contributed by atoms with van der Waals surface area (Å²) in [6.07, 6.45) is 12.9. The van der Waals surface area contributed by atoms with Crippen molar-refractivity contribution in [1.29, 1.82) is 0 Å². The monoisotopic (exact) mass is 650 g/mol. The van der Waals surface area contributed by atoms with Crippen molar-refractivity contribution >= 4 is 18.0 Å². The highest BCUT2D eigenvalue weighted by Gasteiger charge is 2.75. The molecule has 0 spiro atoms. The van der Waals surface area contributed by atoms with Gasteiger partial charge in [-0.05, 0) is 139 Å². The van der Waals surface area contributed by atoms with Crippen molar-refractivity contribution in [2.24, 2.45) is 56.2 Å². The van der Waals surface area contributed by atoms with Crippen molar-refractivity contribution < 1.29 is 34.4 Å². The second-order valence-electron chi connectivity index (χ2n) is 18.1. The Kier molecular flexibility index (Phi) is 8.42. The molecule has 5 saturated carbocycles. The number of aromatic hydroxyl groups is 1. The number of methoxy groups -OCH3 is 1. The van der Waals surface area contributed by atoms with Gasteiger partial charge in [0.1, 0.15) is 0 Å². The van der Waals surface area contributed by atoms with E-state index in [4.69, 9.17) is 9.47 Å². The summed E-state index contributed by atoms with van der Waals surface area (Å²) in [4.78, 5) is 26.7. The minimum Gasteiger partial charge on any atom is -0.504 e. The van der Waals surface area contributed by atoms with Crippen molar-refractivity contribution in [3.63, 3.8) is 0 Å². The van der Waals surface area contributed by atoms with Gasteiger partial charge in [-0.1, -0.05) is 47.6 Å². The third-order valence-electron chi connectivity index (χ3n) is 15.5. The average molecular weight is 651 g/mol. The lowest BCUT2D eigenvalue weighted by molar-refractivity contribution is -0.269. The molecule has 0 aromatic heterocycles. The van der Waals surface area contributed by atoms with E-state index in [1.165, 1.54) is 25.7 Å². The molecule has 6 rings (SSSR count). The Morgan fingerprint density at radius 3 is 2.30 bits per heavy atom. The molecule has 0 bridgehead atoms. The molecule has 0 heterocycles. The van der Waals surface area contributed by atoms with Crippen molar-refractivity contribution in [3.05, 3.63) is 29.8 Å². The topological polar surface area (TPSA) is 113 Å². The van der Waals surface area contributed by atoms with Crippen LogP contribution in [0, 0.1) is 56.2 Å². The number of ether oxygens (including phenoxy) is 2. The number of hydrogen-bond donors (Lipinski definition) is 3. The Morgan fingerprint density at radius 1 is 0.872 bits per heavy atom. The van der Waals surface area contributed by atoms with E-state index < -0.39 is 23.5 Å². The lowest BCUT2D eigenvalue weighted by atomic mass is 9.29. The third-order valence-corrected chi connectivity index (χ3v) is 15.5. The highest BCUT2D eigenvalue weighted by molar-refractivity contribution is 5.87. The van der Waals surface area contributed by atoms with Gasteiger partial charge >= 0.3 is 11.9 Å². The highest BCUT2D eigenvalue weighted by atomic mass is 16.5. The number of esters is 1. The summed E-state index contributed by atoms with van der Waals surface area (Å²) >= 11 is 0. The number of carboxylic acids is 1. The first-order chi connectivity index (χ1) is 22.0. The number of aliphatic carboxylic acids is 1. The Labute approximate surface area is 281 Å². The molecule has 5 aliphatic rings. The van der Waals surface area contributed by atoms with Crippen LogP contribution in [0.4, 0.5) is 0 Å². The first kappa shape index (κ1) is 34.3. The van der Waals surface area contributed by atoms with E-state index in [0.717, 1.165) is 57.8 Å². The Hall–Kier alpha value is -2.54. The van der Waals surface area contributed by atoms with Gasteiger partial charge in [-0.3, -0.25) is 4.79 Å². The predicted octanol–water partition coefficient (Wildman–Crippen LogP) is 8.26. The fraction of sp³-hybridized carbons (Fsp3) is 0.750. The van der Waals surface area contributed by atoms with Crippen LogP contribution in [-0.4, -0.2) is 47.1 Å². The number of carboxylic acid groups (broad SMARTS) is 1. The van der Waals surface area contributed by atoms with Crippen LogP contribution in [0.2, 0.25) is 0 Å². The number of phenolic OH excluding ortho intramolecular Hbond substituents is 1. The summed E-state index contributed by atoms with van der Waals surface area (Å²) in [6, 6.07) is 4.87. The second kappa shape index (κ2) is 11.5. The van der Waals surface area contributed by atoms with Gasteiger partial charge in [0.2, 0.25) is 0 Å². The van der Waals surface area contributed by atoms with Crippen molar-refractivity contribution in [2.75, 3.05) is 13.7 Å². The number of benzene rings is 1. The molecule has 1 aromatic carbocycles. The lowest BCUT2D eigenvalue weighted by Gasteiger charge is -2.74. The van der Waals surface area contributed by atoms with E-state index in [1.54, 1.807) is 18.2 Å². The van der Waals surface area contributed by atoms with E-state index in [-0.39, 0.29) is 51.3 Å². The number of phenols is 1. The first-order valence-electron chi connectivity index (χ1n) is 18.1. The molecule has 0 amide bonds. The molecule has 5 aliphatic carbocycles. The molecule has 5 fully saturated rings. The maximum absolute atomic E-state index is 13.8. The molecule has 3 N–H and O–H groups in total. The van der Waals surface area contributed by atoms with Crippen molar-refractivity contribution in [2.45, 2.75) is 118 Å². The zero-order chi connectivity index (χ0) is 34.2. The number of carbonyl (C=O) groups is 2. The molecule has 0 aliphatic heterocycles. The number of carbonyl (C=O) groups excluding carboxylic acids is 1. The SMILES string of the molecule is COc1cc(/C=C/C(=O)OC[C@H]2[C@@H](O)CC[C@@H]3[C@]2(C)CC[C@H]2[C@@]3(C)CC[C@@]3(C(=O)O)[C@@H]4CC(C)(C)CC[C@]4(C)CC[C@]23C)ccc1O. The zero-order valence-electron chi connectivity index (χ0n) is 29.7. The van der Waals surface area contributed by atoms with Crippen LogP contribution in [0.25, 0.3) is 6.08 Å². The lowest BCUT2D eigenvalue weighted by Crippen LogP contribution is -2.70. The summed E-state index contributed by atoms with van der Waals surface area (Å²) in [6.45, 7) is 14.4. The number of aliphatic hydroxyl groups is 1. The fourth-order valence-electron chi connectivity index (χ4n) is 12.8. The molecule has 10 atom stereocenters. The van der Waals surface area contributed by atoms with Crippen LogP contribution in [0.15, 0.2) is 24.3 Å². The minimum atomic E-state index is -0.716. The molecule has 0 saturated heterocycles. The molecular formula is C40H58O7. The average Bonchev–Trinajstić information content (AvgIpc) is 3.00. The summed E-state index contributed by atoms with van der Waals surface area (Å²) in [5.41, 5.74) is -0.317. The Morgan fingerprint density at radius 2 is 1.60 bits per heavy atom. The van der Waals surface area contributed by atoms with Crippen molar-refractivity contribution in [3.8, 4) is 11.5 Å². The predicted molar refractivity (Wildman–Crippen MR) is 182 cm³/mol. The molecular weight excluding hydrogens is 592 g/mol. The minimum absolute atomic E-state index is 0.0326. The Bertz CT molecular complexity index is 1430. The van der Waals surface area contributed by atoms with Crippen LogP contribution >= 0.6 is 0 Å². The zero-order valence-corrected chi connectivity index (χ0v) is 29.7. The van der Waals surface area contributed by atoms with Gasteiger partial charge in [0.05, 0.1) is 25.2 Å². The van der Waals surface area contributed by atoms with E-state index in [1.807, 2.05) is 0 Å². The second-order valence-corrected chi connectivity index (χ2v) is 18.1. The van der Waals surface area contributed by atoms with Crippen LogP contribution in [-0.2, 0) is 14.3 Å². The summed E-state index contributed by atoms with van der Waals surface area (Å²) < 4.78 is 11.0. The third kappa shape index (κ3) is 5.15. The summed E-state index contributed by atoms with van der Waals surface area (Å²) in [7, 11) is 1.48. The van der Waals surface area contributed by atoms with Crippen LogP contribution in [0.1, 0.15) is 118 Å².